The fourth-order valence-electron chi connectivity index (χ4n) is 2.91. The molecule has 0 amide bonds. The smallest absolute Gasteiger partial charge is 0.195 e. The largest absolute Gasteiger partial charge is 0.441 e. The van der Waals surface area contributed by atoms with Crippen LogP contribution in [0.1, 0.15) is 44.4 Å². The molecule has 3 rings (SSSR count). The molecule has 2 aromatic rings. The number of fused-ring (bicyclic) bond motifs is 1. The van der Waals surface area contributed by atoms with Gasteiger partial charge in [0.1, 0.15) is 5.52 Å². The van der Waals surface area contributed by atoms with Crippen molar-refractivity contribution in [1.29, 1.82) is 0 Å². The molecule has 3 nitrogen and oxygen atoms in total. The van der Waals surface area contributed by atoms with E-state index in [9.17, 15) is 0 Å². The summed E-state index contributed by atoms with van der Waals surface area (Å²) in [6.07, 6.45) is 8.94. The Bertz CT molecular complexity index is 532. The van der Waals surface area contributed by atoms with Crippen LogP contribution in [0.4, 0.5) is 5.69 Å². The molecule has 0 spiro atoms. The zero-order valence-electron chi connectivity index (χ0n) is 11.0. The minimum atomic E-state index is 0.543. The summed E-state index contributed by atoms with van der Waals surface area (Å²) in [5, 5.41) is 0.543. The Balaban J connectivity index is 1.80. The molecule has 1 saturated carbocycles. The molecule has 1 aromatic heterocycles. The lowest BCUT2D eigenvalue weighted by atomic mass is 9.97. The van der Waals surface area contributed by atoms with E-state index >= 15 is 0 Å². The first-order valence-corrected chi connectivity index (χ1v) is 7.44. The number of hydrogen-bond acceptors (Lipinski definition) is 3. The van der Waals surface area contributed by atoms with E-state index in [1.165, 1.54) is 38.5 Å². The summed E-state index contributed by atoms with van der Waals surface area (Å²) in [5.41, 5.74) is 7.88. The van der Waals surface area contributed by atoms with Crippen molar-refractivity contribution in [3.8, 4) is 0 Å². The van der Waals surface area contributed by atoms with E-state index in [2.05, 4.69) is 4.98 Å². The Hall–Kier alpha value is -1.22. The fraction of sp³-hybridized carbons (Fsp3) is 0.533. The van der Waals surface area contributed by atoms with Crippen molar-refractivity contribution in [3.05, 3.63) is 23.0 Å². The number of aromatic nitrogens is 1. The summed E-state index contributed by atoms with van der Waals surface area (Å²) in [6.45, 7) is 0. The van der Waals surface area contributed by atoms with Gasteiger partial charge in [-0.2, -0.15) is 0 Å². The van der Waals surface area contributed by atoms with Crippen LogP contribution in [0.3, 0.4) is 0 Å². The van der Waals surface area contributed by atoms with Gasteiger partial charge in [0.2, 0.25) is 0 Å². The number of rotatable bonds is 2. The van der Waals surface area contributed by atoms with Crippen LogP contribution >= 0.6 is 11.6 Å². The van der Waals surface area contributed by atoms with E-state index in [0.29, 0.717) is 16.6 Å². The van der Waals surface area contributed by atoms with Crippen LogP contribution in [0.2, 0.25) is 5.02 Å². The lowest BCUT2D eigenvalue weighted by Crippen LogP contribution is -2.03. The third-order valence-electron chi connectivity index (χ3n) is 3.99. The highest BCUT2D eigenvalue weighted by Gasteiger charge is 2.16. The maximum absolute atomic E-state index is 6.00. The number of nitrogens with zero attached hydrogens (tertiary/aromatic N) is 1. The van der Waals surface area contributed by atoms with Crippen molar-refractivity contribution in [2.45, 2.75) is 44.9 Å². The fourth-order valence-corrected chi connectivity index (χ4v) is 3.07. The quantitative estimate of drug-likeness (QED) is 0.646. The van der Waals surface area contributed by atoms with Crippen LogP contribution in [-0.4, -0.2) is 4.98 Å². The van der Waals surface area contributed by atoms with E-state index in [4.69, 9.17) is 21.8 Å². The minimum absolute atomic E-state index is 0.543. The molecule has 0 unspecified atom stereocenters. The van der Waals surface area contributed by atoms with E-state index < -0.39 is 0 Å². The zero-order chi connectivity index (χ0) is 13.2. The van der Waals surface area contributed by atoms with Crippen molar-refractivity contribution in [3.63, 3.8) is 0 Å². The van der Waals surface area contributed by atoms with E-state index in [1.807, 2.05) is 0 Å². The molecule has 1 fully saturated rings. The number of benzene rings is 1. The number of nitrogen functional groups attached to an aromatic ring is 1. The lowest BCUT2D eigenvalue weighted by Gasteiger charge is -2.10. The molecule has 0 saturated heterocycles. The number of oxazole rings is 1. The van der Waals surface area contributed by atoms with Crippen LogP contribution in [0.5, 0.6) is 0 Å². The van der Waals surface area contributed by atoms with Crippen LogP contribution < -0.4 is 5.73 Å². The van der Waals surface area contributed by atoms with Gasteiger partial charge in [-0.1, -0.05) is 37.3 Å². The molecule has 0 radical (unpaired) electrons. The van der Waals surface area contributed by atoms with Gasteiger partial charge >= 0.3 is 0 Å². The Labute approximate surface area is 118 Å². The zero-order valence-corrected chi connectivity index (χ0v) is 11.7. The molecule has 0 atom stereocenters. The van der Waals surface area contributed by atoms with Crippen molar-refractivity contribution in [1.82, 2.24) is 4.98 Å². The number of anilines is 1. The SMILES string of the molecule is Nc1cc2oc(CC3CCCCCC3)nc2cc1Cl. The van der Waals surface area contributed by atoms with Gasteiger partial charge < -0.3 is 10.2 Å². The summed E-state index contributed by atoms with van der Waals surface area (Å²) in [6, 6.07) is 3.55. The summed E-state index contributed by atoms with van der Waals surface area (Å²) in [4.78, 5) is 4.53. The maximum Gasteiger partial charge on any atom is 0.195 e. The molecular weight excluding hydrogens is 260 g/mol. The second-order valence-corrected chi connectivity index (χ2v) is 5.92. The van der Waals surface area contributed by atoms with Crippen LogP contribution in [0, 0.1) is 5.92 Å². The van der Waals surface area contributed by atoms with Crippen LogP contribution in [0.25, 0.3) is 11.1 Å². The Morgan fingerprint density at radius 1 is 1.21 bits per heavy atom. The van der Waals surface area contributed by atoms with Crippen molar-refractivity contribution < 1.29 is 4.42 Å². The number of hydrogen-bond donors (Lipinski definition) is 1. The summed E-state index contributed by atoms with van der Waals surface area (Å²) in [5.74, 6) is 1.53. The third kappa shape index (κ3) is 2.86. The molecular formula is C15H19ClN2O. The van der Waals surface area contributed by atoms with Crippen molar-refractivity contribution >= 4 is 28.4 Å². The third-order valence-corrected chi connectivity index (χ3v) is 4.32. The number of halogens is 1. The Morgan fingerprint density at radius 3 is 2.68 bits per heavy atom. The second-order valence-electron chi connectivity index (χ2n) is 5.51. The predicted octanol–water partition coefficient (Wildman–Crippen LogP) is 4.58. The van der Waals surface area contributed by atoms with Gasteiger partial charge in [-0.05, 0) is 24.8 Å². The standard InChI is InChI=1S/C15H19ClN2O/c16-11-8-13-14(9-12(11)17)19-15(18-13)7-10-5-3-1-2-4-6-10/h8-10H,1-7,17H2. The van der Waals surface area contributed by atoms with E-state index in [1.54, 1.807) is 12.1 Å². The monoisotopic (exact) mass is 278 g/mol. The van der Waals surface area contributed by atoms with E-state index in [-0.39, 0.29) is 0 Å². The molecule has 19 heavy (non-hydrogen) atoms. The minimum Gasteiger partial charge on any atom is -0.441 e. The molecule has 0 bridgehead atoms. The second kappa shape index (κ2) is 5.41. The molecule has 1 aliphatic rings. The van der Waals surface area contributed by atoms with Gasteiger partial charge in [0.15, 0.2) is 11.5 Å². The first-order chi connectivity index (χ1) is 9.22. The van der Waals surface area contributed by atoms with Gasteiger partial charge in [-0.3, -0.25) is 0 Å². The van der Waals surface area contributed by atoms with Crippen molar-refractivity contribution in [2.75, 3.05) is 5.73 Å². The molecule has 0 aliphatic heterocycles. The average Bonchev–Trinajstić information content (AvgIpc) is 2.60. The molecule has 1 aliphatic carbocycles. The first-order valence-electron chi connectivity index (χ1n) is 7.07. The van der Waals surface area contributed by atoms with Crippen LogP contribution in [-0.2, 0) is 6.42 Å². The lowest BCUT2D eigenvalue weighted by molar-refractivity contribution is 0.403. The van der Waals surface area contributed by atoms with Crippen molar-refractivity contribution in [2.24, 2.45) is 5.92 Å². The summed E-state index contributed by atoms with van der Waals surface area (Å²) < 4.78 is 5.80. The Kier molecular flexibility index (Phi) is 3.65. The summed E-state index contributed by atoms with van der Waals surface area (Å²) in [7, 11) is 0. The molecule has 4 heteroatoms. The predicted molar refractivity (Wildman–Crippen MR) is 78.3 cm³/mol. The molecule has 2 N–H and O–H groups in total. The van der Waals surface area contributed by atoms with Gasteiger partial charge in [-0.25, -0.2) is 4.98 Å². The van der Waals surface area contributed by atoms with Gasteiger partial charge in [0.05, 0.1) is 10.7 Å². The topological polar surface area (TPSA) is 52.0 Å². The number of nitrogens with two attached hydrogens (primary N) is 1. The normalized spacial score (nSPS) is 17.7. The summed E-state index contributed by atoms with van der Waals surface area (Å²) >= 11 is 6.00. The highest BCUT2D eigenvalue weighted by atomic mass is 35.5. The van der Waals surface area contributed by atoms with Gasteiger partial charge in [-0.15, -0.1) is 0 Å². The van der Waals surface area contributed by atoms with Gasteiger partial charge in [0, 0.05) is 12.5 Å². The van der Waals surface area contributed by atoms with E-state index in [0.717, 1.165) is 23.4 Å². The highest BCUT2D eigenvalue weighted by molar-refractivity contribution is 6.33. The molecule has 102 valence electrons. The van der Waals surface area contributed by atoms with Crippen LogP contribution in [0.15, 0.2) is 16.5 Å². The first kappa shape index (κ1) is 12.8. The highest BCUT2D eigenvalue weighted by Crippen LogP contribution is 2.29. The maximum atomic E-state index is 6.00. The molecule has 1 heterocycles. The molecule has 1 aromatic carbocycles. The van der Waals surface area contributed by atoms with Gasteiger partial charge in [0.25, 0.3) is 0 Å². The Morgan fingerprint density at radius 2 is 1.95 bits per heavy atom. The average molecular weight is 279 g/mol.